The van der Waals surface area contributed by atoms with Crippen molar-refractivity contribution >= 4 is 11.7 Å². The van der Waals surface area contributed by atoms with Crippen LogP contribution in [0, 0.1) is 0 Å². The number of benzene rings is 1. The molecular weight excluding hydrogens is 368 g/mol. The van der Waals surface area contributed by atoms with Crippen LogP contribution in [0.2, 0.25) is 0 Å². The fraction of sp³-hybridized carbons (Fsp3) is 0.273. The molecule has 1 aromatic carbocycles. The molecule has 1 N–H and O–H groups in total. The SMILES string of the molecule is CCCOc1ccc(C(=O)CCC(=O)NCc2cccnc2-n2cccn2)cc1. The predicted octanol–water partition coefficient (Wildman–Crippen LogP) is 3.34. The minimum absolute atomic E-state index is 0.0687. The first-order valence-electron chi connectivity index (χ1n) is 9.64. The van der Waals surface area contributed by atoms with E-state index in [0.29, 0.717) is 24.5 Å². The topological polar surface area (TPSA) is 86.1 Å². The highest BCUT2D eigenvalue weighted by Crippen LogP contribution is 2.15. The van der Waals surface area contributed by atoms with Crippen LogP contribution in [0.5, 0.6) is 5.75 Å². The van der Waals surface area contributed by atoms with E-state index in [1.807, 2.05) is 25.1 Å². The summed E-state index contributed by atoms with van der Waals surface area (Å²) in [5.41, 5.74) is 1.42. The maximum absolute atomic E-state index is 12.3. The van der Waals surface area contributed by atoms with Gasteiger partial charge in [0.05, 0.1) is 6.61 Å². The summed E-state index contributed by atoms with van der Waals surface area (Å²) < 4.78 is 7.16. The molecule has 0 aliphatic rings. The first kappa shape index (κ1) is 20.3. The minimum Gasteiger partial charge on any atom is -0.494 e. The lowest BCUT2D eigenvalue weighted by Crippen LogP contribution is -2.24. The average molecular weight is 392 g/mol. The second kappa shape index (κ2) is 10.2. The summed E-state index contributed by atoms with van der Waals surface area (Å²) >= 11 is 0. The van der Waals surface area contributed by atoms with Crippen molar-refractivity contribution in [2.45, 2.75) is 32.7 Å². The van der Waals surface area contributed by atoms with E-state index in [2.05, 4.69) is 15.4 Å². The zero-order chi connectivity index (χ0) is 20.5. The first-order valence-corrected chi connectivity index (χ1v) is 9.64. The van der Waals surface area contributed by atoms with Crippen LogP contribution in [-0.2, 0) is 11.3 Å². The van der Waals surface area contributed by atoms with E-state index in [9.17, 15) is 9.59 Å². The minimum atomic E-state index is -0.184. The van der Waals surface area contributed by atoms with E-state index in [1.165, 1.54) is 0 Å². The Morgan fingerprint density at radius 3 is 2.62 bits per heavy atom. The van der Waals surface area contributed by atoms with Crippen molar-refractivity contribution < 1.29 is 14.3 Å². The number of ether oxygens (including phenoxy) is 1. The molecule has 3 aromatic rings. The molecule has 7 nitrogen and oxygen atoms in total. The molecule has 0 fully saturated rings. The molecular formula is C22H24N4O3. The van der Waals surface area contributed by atoms with Crippen LogP contribution in [-0.4, -0.2) is 33.1 Å². The average Bonchev–Trinajstić information content (AvgIpc) is 3.30. The molecule has 2 aromatic heterocycles. The van der Waals surface area contributed by atoms with Gasteiger partial charge in [0.25, 0.3) is 0 Å². The van der Waals surface area contributed by atoms with Gasteiger partial charge in [-0.1, -0.05) is 13.0 Å². The molecule has 1 amide bonds. The number of nitrogens with one attached hydrogen (secondary N) is 1. The number of hydrogen-bond donors (Lipinski definition) is 1. The van der Waals surface area contributed by atoms with Crippen molar-refractivity contribution in [3.63, 3.8) is 0 Å². The predicted molar refractivity (Wildman–Crippen MR) is 109 cm³/mol. The van der Waals surface area contributed by atoms with Crippen molar-refractivity contribution in [1.29, 1.82) is 0 Å². The van der Waals surface area contributed by atoms with Crippen molar-refractivity contribution in [1.82, 2.24) is 20.1 Å². The Kier molecular flexibility index (Phi) is 7.10. The fourth-order valence-electron chi connectivity index (χ4n) is 2.78. The Bertz CT molecular complexity index is 937. The van der Waals surface area contributed by atoms with Gasteiger partial charge in [0.2, 0.25) is 5.91 Å². The molecule has 0 bridgehead atoms. The van der Waals surface area contributed by atoms with Crippen LogP contribution < -0.4 is 10.1 Å². The Morgan fingerprint density at radius 1 is 1.07 bits per heavy atom. The third-order valence-corrected chi connectivity index (χ3v) is 4.29. The molecule has 29 heavy (non-hydrogen) atoms. The lowest BCUT2D eigenvalue weighted by molar-refractivity contribution is -0.121. The highest BCUT2D eigenvalue weighted by Gasteiger charge is 2.11. The highest BCUT2D eigenvalue weighted by molar-refractivity contribution is 5.98. The lowest BCUT2D eigenvalue weighted by atomic mass is 10.1. The Hall–Kier alpha value is -3.48. The maximum Gasteiger partial charge on any atom is 0.220 e. The van der Waals surface area contributed by atoms with Gasteiger partial charge in [0.1, 0.15) is 5.75 Å². The molecule has 0 saturated heterocycles. The quantitative estimate of drug-likeness (QED) is 0.535. The normalized spacial score (nSPS) is 10.5. The van der Waals surface area contributed by atoms with E-state index >= 15 is 0 Å². The van der Waals surface area contributed by atoms with Gasteiger partial charge in [-0.2, -0.15) is 5.10 Å². The van der Waals surface area contributed by atoms with Gasteiger partial charge in [-0.25, -0.2) is 9.67 Å². The summed E-state index contributed by atoms with van der Waals surface area (Å²) in [6.45, 7) is 3.00. The summed E-state index contributed by atoms with van der Waals surface area (Å²) in [5, 5.41) is 7.03. The van der Waals surface area contributed by atoms with Crippen LogP contribution in [0.4, 0.5) is 0 Å². The van der Waals surface area contributed by atoms with Gasteiger partial charge in [0, 0.05) is 49.1 Å². The zero-order valence-electron chi connectivity index (χ0n) is 16.4. The molecule has 0 unspecified atom stereocenters. The number of pyridine rings is 1. The molecule has 2 heterocycles. The fourth-order valence-corrected chi connectivity index (χ4v) is 2.78. The van der Waals surface area contributed by atoms with Gasteiger partial charge in [-0.3, -0.25) is 9.59 Å². The molecule has 0 radical (unpaired) electrons. The number of ketones is 1. The molecule has 7 heteroatoms. The number of nitrogens with zero attached hydrogens (tertiary/aromatic N) is 3. The van der Waals surface area contributed by atoms with Gasteiger partial charge >= 0.3 is 0 Å². The van der Waals surface area contributed by atoms with Crippen LogP contribution >= 0.6 is 0 Å². The summed E-state index contributed by atoms with van der Waals surface area (Å²) in [6, 6.07) is 12.5. The second-order valence-corrected chi connectivity index (χ2v) is 6.51. The Morgan fingerprint density at radius 2 is 1.90 bits per heavy atom. The van der Waals surface area contributed by atoms with Crippen molar-refractivity contribution in [2.24, 2.45) is 0 Å². The zero-order valence-corrected chi connectivity index (χ0v) is 16.4. The number of carbonyl (C=O) groups is 2. The molecule has 150 valence electrons. The third-order valence-electron chi connectivity index (χ3n) is 4.29. The smallest absolute Gasteiger partial charge is 0.220 e. The lowest BCUT2D eigenvalue weighted by Gasteiger charge is -2.10. The Labute approximate surface area is 169 Å². The van der Waals surface area contributed by atoms with Crippen molar-refractivity contribution in [2.75, 3.05) is 6.61 Å². The van der Waals surface area contributed by atoms with E-state index in [0.717, 1.165) is 17.7 Å². The molecule has 0 spiro atoms. The monoisotopic (exact) mass is 392 g/mol. The van der Waals surface area contributed by atoms with Crippen LogP contribution in [0.15, 0.2) is 61.1 Å². The van der Waals surface area contributed by atoms with Gasteiger partial charge < -0.3 is 10.1 Å². The van der Waals surface area contributed by atoms with E-state index < -0.39 is 0 Å². The molecule has 0 saturated carbocycles. The summed E-state index contributed by atoms with van der Waals surface area (Å²) in [5.74, 6) is 1.15. The number of hydrogen-bond acceptors (Lipinski definition) is 5. The van der Waals surface area contributed by atoms with E-state index in [-0.39, 0.29) is 24.5 Å². The number of amides is 1. The van der Waals surface area contributed by atoms with Crippen LogP contribution in [0.25, 0.3) is 5.82 Å². The van der Waals surface area contributed by atoms with Crippen molar-refractivity contribution in [3.8, 4) is 11.6 Å². The molecule has 0 aliphatic carbocycles. The molecule has 0 aliphatic heterocycles. The summed E-state index contributed by atoms with van der Waals surface area (Å²) in [6.07, 6.45) is 6.36. The molecule has 0 atom stereocenters. The summed E-state index contributed by atoms with van der Waals surface area (Å²) in [4.78, 5) is 28.8. The first-order chi connectivity index (χ1) is 14.2. The standard InChI is InChI=1S/C22H24N4O3/c1-2-15-29-19-8-6-17(7-9-19)20(27)10-11-21(28)24-16-18-5-3-12-23-22(18)26-14-4-13-25-26/h3-9,12-14H,2,10-11,15-16H2,1H3,(H,24,28). The van der Waals surface area contributed by atoms with Crippen LogP contribution in [0.1, 0.15) is 42.1 Å². The number of carbonyl (C=O) groups excluding carboxylic acids is 2. The number of rotatable bonds is 10. The van der Waals surface area contributed by atoms with Gasteiger partial charge in [-0.15, -0.1) is 0 Å². The highest BCUT2D eigenvalue weighted by atomic mass is 16.5. The maximum atomic E-state index is 12.3. The van der Waals surface area contributed by atoms with Gasteiger partial charge in [0.15, 0.2) is 11.6 Å². The second-order valence-electron chi connectivity index (χ2n) is 6.51. The third kappa shape index (κ3) is 5.75. The molecule has 3 rings (SSSR count). The van der Waals surface area contributed by atoms with E-state index in [1.54, 1.807) is 47.5 Å². The Balaban J connectivity index is 1.49. The number of Topliss-reactive ketones (excluding diaryl/α,β-unsaturated/α-hetero) is 1. The van der Waals surface area contributed by atoms with Gasteiger partial charge in [-0.05, 0) is 42.8 Å². The van der Waals surface area contributed by atoms with E-state index in [4.69, 9.17) is 4.74 Å². The largest absolute Gasteiger partial charge is 0.494 e. The summed E-state index contributed by atoms with van der Waals surface area (Å²) in [7, 11) is 0. The van der Waals surface area contributed by atoms with Crippen LogP contribution in [0.3, 0.4) is 0 Å². The number of aromatic nitrogens is 3. The van der Waals surface area contributed by atoms with Crippen molar-refractivity contribution in [3.05, 3.63) is 72.2 Å².